The summed E-state index contributed by atoms with van der Waals surface area (Å²) in [5.74, 6) is 0.280. The van der Waals surface area contributed by atoms with Crippen molar-refractivity contribution in [3.63, 3.8) is 0 Å². The minimum atomic E-state index is -0.279. The summed E-state index contributed by atoms with van der Waals surface area (Å²) < 4.78 is 2.01. The SMILES string of the molecule is CC(C)CN(Cc1cccn1C)C(=O)CN(C(=O)Nc1ccc(C#N)cc1)C1CC1. The third kappa shape index (κ3) is 5.63. The maximum atomic E-state index is 13.2. The Balaban J connectivity index is 1.68. The number of carbonyl (C=O) groups excluding carboxylic acids is 2. The lowest BCUT2D eigenvalue weighted by molar-refractivity contribution is -0.133. The number of rotatable bonds is 8. The van der Waals surface area contributed by atoms with Crippen LogP contribution in [0.3, 0.4) is 0 Å². The predicted octanol–water partition coefficient (Wildman–Crippen LogP) is 3.58. The second-order valence-electron chi connectivity index (χ2n) is 8.26. The highest BCUT2D eigenvalue weighted by Crippen LogP contribution is 2.27. The van der Waals surface area contributed by atoms with Crippen LogP contribution in [-0.4, -0.2) is 45.4 Å². The van der Waals surface area contributed by atoms with Gasteiger partial charge in [0, 0.05) is 37.2 Å². The standard InChI is InChI=1S/C23H29N5O2/c1-17(2)14-27(15-21-5-4-12-26(21)3)22(29)16-28(20-10-11-20)23(30)25-19-8-6-18(13-24)7-9-19/h4-9,12,17,20H,10-11,14-16H2,1-3H3,(H,25,30). The van der Waals surface area contributed by atoms with Crippen molar-refractivity contribution in [2.24, 2.45) is 13.0 Å². The number of amides is 3. The van der Waals surface area contributed by atoms with Crippen LogP contribution >= 0.6 is 0 Å². The van der Waals surface area contributed by atoms with E-state index in [1.807, 2.05) is 34.8 Å². The second-order valence-corrected chi connectivity index (χ2v) is 8.26. The summed E-state index contributed by atoms with van der Waals surface area (Å²) in [4.78, 5) is 29.5. The molecule has 0 bridgehead atoms. The lowest BCUT2D eigenvalue weighted by Gasteiger charge is -2.29. The number of nitrogens with zero attached hydrogens (tertiary/aromatic N) is 4. The fraction of sp³-hybridized carbons (Fsp3) is 0.435. The molecule has 1 heterocycles. The van der Waals surface area contributed by atoms with Crippen molar-refractivity contribution < 1.29 is 9.59 Å². The highest BCUT2D eigenvalue weighted by atomic mass is 16.2. The van der Waals surface area contributed by atoms with Gasteiger partial charge in [0.05, 0.1) is 18.2 Å². The van der Waals surface area contributed by atoms with E-state index in [1.165, 1.54) is 0 Å². The van der Waals surface area contributed by atoms with Gasteiger partial charge in [-0.05, 0) is 55.2 Å². The summed E-state index contributed by atoms with van der Waals surface area (Å²) in [7, 11) is 1.97. The molecular formula is C23H29N5O2. The Kier molecular flexibility index (Phi) is 6.78. The van der Waals surface area contributed by atoms with Crippen molar-refractivity contribution in [3.05, 3.63) is 53.9 Å². The quantitative estimate of drug-likeness (QED) is 0.726. The number of aryl methyl sites for hydroxylation is 1. The summed E-state index contributed by atoms with van der Waals surface area (Å²) in [6, 6.07) is 12.6. The molecule has 1 N–H and O–H groups in total. The van der Waals surface area contributed by atoms with Crippen LogP contribution in [0, 0.1) is 17.2 Å². The van der Waals surface area contributed by atoms with Crippen molar-refractivity contribution in [1.29, 1.82) is 5.26 Å². The minimum absolute atomic E-state index is 0.0493. The van der Waals surface area contributed by atoms with Crippen LogP contribution in [0.5, 0.6) is 0 Å². The van der Waals surface area contributed by atoms with Crippen LogP contribution in [-0.2, 0) is 18.4 Å². The first-order valence-corrected chi connectivity index (χ1v) is 10.3. The molecule has 0 atom stereocenters. The number of nitriles is 1. The van der Waals surface area contributed by atoms with Crippen molar-refractivity contribution in [2.75, 3.05) is 18.4 Å². The van der Waals surface area contributed by atoms with Crippen LogP contribution < -0.4 is 5.32 Å². The van der Waals surface area contributed by atoms with E-state index in [0.717, 1.165) is 18.5 Å². The number of nitrogens with one attached hydrogen (secondary N) is 1. The molecule has 1 fully saturated rings. The van der Waals surface area contributed by atoms with Crippen LogP contribution in [0.15, 0.2) is 42.6 Å². The van der Waals surface area contributed by atoms with Crippen molar-refractivity contribution in [2.45, 2.75) is 39.3 Å². The van der Waals surface area contributed by atoms with Gasteiger partial charge in [0.2, 0.25) is 5.91 Å². The third-order valence-corrected chi connectivity index (χ3v) is 5.16. The van der Waals surface area contributed by atoms with E-state index in [1.54, 1.807) is 29.2 Å². The number of urea groups is 1. The fourth-order valence-electron chi connectivity index (χ4n) is 3.37. The average Bonchev–Trinajstić information content (AvgIpc) is 3.48. The molecule has 0 saturated heterocycles. The van der Waals surface area contributed by atoms with Crippen molar-refractivity contribution in [3.8, 4) is 6.07 Å². The van der Waals surface area contributed by atoms with Gasteiger partial charge in [-0.2, -0.15) is 5.26 Å². The van der Waals surface area contributed by atoms with E-state index in [9.17, 15) is 9.59 Å². The van der Waals surface area contributed by atoms with E-state index in [0.29, 0.717) is 30.3 Å². The average molecular weight is 408 g/mol. The van der Waals surface area contributed by atoms with E-state index < -0.39 is 0 Å². The summed E-state index contributed by atoms with van der Waals surface area (Å²) in [5.41, 5.74) is 2.20. The maximum absolute atomic E-state index is 13.2. The number of hydrogen-bond donors (Lipinski definition) is 1. The molecule has 158 valence electrons. The summed E-state index contributed by atoms with van der Waals surface area (Å²) in [6.07, 6.45) is 3.79. The molecule has 1 aliphatic carbocycles. The first-order valence-electron chi connectivity index (χ1n) is 10.3. The Hall–Kier alpha value is -3.27. The van der Waals surface area contributed by atoms with Gasteiger partial charge in [0.25, 0.3) is 0 Å². The van der Waals surface area contributed by atoms with E-state index in [-0.39, 0.29) is 24.5 Å². The zero-order chi connectivity index (χ0) is 21.7. The molecule has 0 unspecified atom stereocenters. The number of aromatic nitrogens is 1. The first kappa shape index (κ1) is 21.4. The minimum Gasteiger partial charge on any atom is -0.353 e. The van der Waals surface area contributed by atoms with Gasteiger partial charge in [-0.3, -0.25) is 4.79 Å². The number of benzene rings is 1. The zero-order valence-corrected chi connectivity index (χ0v) is 17.8. The van der Waals surface area contributed by atoms with Crippen molar-refractivity contribution in [1.82, 2.24) is 14.4 Å². The molecular weight excluding hydrogens is 378 g/mol. The van der Waals surface area contributed by atoms with E-state index in [2.05, 4.69) is 25.2 Å². The molecule has 7 nitrogen and oxygen atoms in total. The Morgan fingerprint density at radius 2 is 1.93 bits per heavy atom. The van der Waals surface area contributed by atoms with Crippen molar-refractivity contribution >= 4 is 17.6 Å². The Morgan fingerprint density at radius 3 is 2.47 bits per heavy atom. The molecule has 2 aromatic rings. The largest absolute Gasteiger partial charge is 0.353 e. The number of carbonyl (C=O) groups is 2. The second kappa shape index (κ2) is 9.49. The van der Waals surface area contributed by atoms with E-state index >= 15 is 0 Å². The number of anilines is 1. The lowest BCUT2D eigenvalue weighted by atomic mass is 10.2. The number of hydrogen-bond acceptors (Lipinski definition) is 3. The van der Waals surface area contributed by atoms with Gasteiger partial charge in [-0.1, -0.05) is 13.8 Å². The summed E-state index contributed by atoms with van der Waals surface area (Å²) in [6.45, 7) is 5.39. The molecule has 1 saturated carbocycles. The molecule has 1 aromatic heterocycles. The first-order chi connectivity index (χ1) is 14.4. The zero-order valence-electron chi connectivity index (χ0n) is 17.8. The highest BCUT2D eigenvalue weighted by molar-refractivity contribution is 5.92. The van der Waals surface area contributed by atoms with Crippen LogP contribution in [0.1, 0.15) is 37.9 Å². The van der Waals surface area contributed by atoms with Gasteiger partial charge < -0.3 is 19.7 Å². The van der Waals surface area contributed by atoms with Crippen LogP contribution in [0.2, 0.25) is 0 Å². The third-order valence-electron chi connectivity index (χ3n) is 5.16. The molecule has 3 amide bonds. The maximum Gasteiger partial charge on any atom is 0.322 e. The summed E-state index contributed by atoms with van der Waals surface area (Å²) in [5, 5.41) is 11.8. The van der Waals surface area contributed by atoms with Gasteiger partial charge in [0.1, 0.15) is 6.54 Å². The molecule has 1 aliphatic rings. The fourth-order valence-corrected chi connectivity index (χ4v) is 3.37. The molecule has 7 heteroatoms. The Morgan fingerprint density at radius 1 is 1.23 bits per heavy atom. The smallest absolute Gasteiger partial charge is 0.322 e. The molecule has 0 radical (unpaired) electrons. The van der Waals surface area contributed by atoms with Gasteiger partial charge in [-0.15, -0.1) is 0 Å². The molecule has 30 heavy (non-hydrogen) atoms. The predicted molar refractivity (Wildman–Crippen MR) is 116 cm³/mol. The highest BCUT2D eigenvalue weighted by Gasteiger charge is 2.35. The molecule has 1 aromatic carbocycles. The van der Waals surface area contributed by atoms with Gasteiger partial charge in [-0.25, -0.2) is 4.79 Å². The normalized spacial score (nSPS) is 13.0. The summed E-state index contributed by atoms with van der Waals surface area (Å²) >= 11 is 0. The molecule has 0 spiro atoms. The topological polar surface area (TPSA) is 81.4 Å². The lowest BCUT2D eigenvalue weighted by Crippen LogP contribution is -2.46. The van der Waals surface area contributed by atoms with Gasteiger partial charge in [0.15, 0.2) is 0 Å². The van der Waals surface area contributed by atoms with E-state index in [4.69, 9.17) is 5.26 Å². The molecule has 0 aliphatic heterocycles. The van der Waals surface area contributed by atoms with Crippen LogP contribution in [0.25, 0.3) is 0 Å². The van der Waals surface area contributed by atoms with Gasteiger partial charge >= 0.3 is 6.03 Å². The Bertz CT molecular complexity index is 922. The molecule has 3 rings (SSSR count). The Labute approximate surface area is 177 Å². The monoisotopic (exact) mass is 407 g/mol. The van der Waals surface area contributed by atoms with Crippen LogP contribution in [0.4, 0.5) is 10.5 Å².